The smallest absolute Gasteiger partial charge is 0.317 e. The molecule has 0 atom stereocenters. The Bertz CT molecular complexity index is 682. The van der Waals surface area contributed by atoms with Crippen LogP contribution in [0.25, 0.3) is 0 Å². The van der Waals surface area contributed by atoms with Crippen LogP contribution in [0.1, 0.15) is 11.1 Å². The third kappa shape index (κ3) is 4.09. The Morgan fingerprint density at radius 1 is 0.727 bits per heavy atom. The van der Waals surface area contributed by atoms with Crippen LogP contribution in [-0.2, 0) is 13.0 Å². The lowest BCUT2D eigenvalue weighted by atomic mass is 10.1. The van der Waals surface area contributed by atoms with Gasteiger partial charge in [0.15, 0.2) is 0 Å². The first-order valence-electron chi connectivity index (χ1n) is 7.29. The summed E-state index contributed by atoms with van der Waals surface area (Å²) in [6.45, 7) is 1.41. The Morgan fingerprint density at radius 3 is 2.00 bits per heavy atom. The minimum atomic E-state index is 0.422. The average molecular weight is 294 g/mol. The number of benzene rings is 2. The molecule has 0 aliphatic rings. The van der Waals surface area contributed by atoms with E-state index in [2.05, 4.69) is 33.0 Å². The maximum atomic E-state index is 5.50. The van der Waals surface area contributed by atoms with Gasteiger partial charge in [-0.15, -0.1) is 0 Å². The van der Waals surface area contributed by atoms with Crippen LogP contribution in [0.4, 0.5) is 12.0 Å². The molecular weight excluding hydrogens is 276 g/mol. The van der Waals surface area contributed by atoms with E-state index in [1.807, 2.05) is 48.5 Å². The summed E-state index contributed by atoms with van der Waals surface area (Å²) < 4.78 is 5.50. The van der Waals surface area contributed by atoms with Crippen molar-refractivity contribution < 1.29 is 4.42 Å². The van der Waals surface area contributed by atoms with Crippen molar-refractivity contribution in [2.75, 3.05) is 17.2 Å². The summed E-state index contributed by atoms with van der Waals surface area (Å²) >= 11 is 0. The molecule has 0 radical (unpaired) electrons. The molecule has 1 aromatic heterocycles. The van der Waals surface area contributed by atoms with Crippen LogP contribution < -0.4 is 10.6 Å². The molecule has 0 saturated carbocycles. The van der Waals surface area contributed by atoms with Crippen LogP contribution in [0, 0.1) is 0 Å². The molecule has 3 rings (SSSR count). The highest BCUT2D eigenvalue weighted by molar-refractivity contribution is 5.29. The van der Waals surface area contributed by atoms with Crippen molar-refractivity contribution in [3.05, 3.63) is 71.8 Å². The van der Waals surface area contributed by atoms with E-state index in [1.165, 1.54) is 11.1 Å². The van der Waals surface area contributed by atoms with E-state index >= 15 is 0 Å². The zero-order chi connectivity index (χ0) is 15.0. The lowest BCUT2D eigenvalue weighted by Gasteiger charge is -2.02. The van der Waals surface area contributed by atoms with Crippen molar-refractivity contribution in [2.24, 2.45) is 0 Å². The van der Waals surface area contributed by atoms with Crippen molar-refractivity contribution in [1.82, 2.24) is 10.2 Å². The monoisotopic (exact) mass is 294 g/mol. The minimum absolute atomic E-state index is 0.422. The first-order valence-corrected chi connectivity index (χ1v) is 7.29. The number of aromatic nitrogens is 2. The first kappa shape index (κ1) is 14.1. The molecule has 0 saturated heterocycles. The number of nitrogens with one attached hydrogen (secondary N) is 2. The van der Waals surface area contributed by atoms with E-state index in [0.29, 0.717) is 18.6 Å². The van der Waals surface area contributed by atoms with Crippen molar-refractivity contribution in [2.45, 2.75) is 13.0 Å². The van der Waals surface area contributed by atoms with Gasteiger partial charge in [-0.05, 0) is 17.5 Å². The second kappa shape index (κ2) is 7.26. The normalized spacial score (nSPS) is 10.4. The Morgan fingerprint density at radius 2 is 1.32 bits per heavy atom. The highest BCUT2D eigenvalue weighted by Gasteiger charge is 2.04. The highest BCUT2D eigenvalue weighted by Crippen LogP contribution is 2.11. The third-order valence-electron chi connectivity index (χ3n) is 3.24. The lowest BCUT2D eigenvalue weighted by molar-refractivity contribution is 0.577. The predicted molar refractivity (Wildman–Crippen MR) is 86.7 cm³/mol. The fourth-order valence-electron chi connectivity index (χ4n) is 2.10. The minimum Gasteiger partial charge on any atom is -0.390 e. The van der Waals surface area contributed by atoms with Crippen molar-refractivity contribution in [3.8, 4) is 0 Å². The van der Waals surface area contributed by atoms with Gasteiger partial charge in [-0.3, -0.25) is 0 Å². The van der Waals surface area contributed by atoms with Crippen LogP contribution >= 0.6 is 0 Å². The molecule has 0 fully saturated rings. The SMILES string of the molecule is c1ccc(CCNc2nnc(NCc3ccccc3)o2)cc1. The van der Waals surface area contributed by atoms with E-state index in [-0.39, 0.29) is 0 Å². The van der Waals surface area contributed by atoms with E-state index in [9.17, 15) is 0 Å². The highest BCUT2D eigenvalue weighted by atomic mass is 16.4. The molecule has 5 nitrogen and oxygen atoms in total. The standard InChI is InChI=1S/C17H18N4O/c1-3-7-14(8-4-1)11-12-18-16-20-21-17(22-16)19-13-15-9-5-2-6-10-15/h1-10H,11-13H2,(H,18,20)(H,19,21). The van der Waals surface area contributed by atoms with Gasteiger partial charge in [0.1, 0.15) is 0 Å². The molecule has 0 aliphatic carbocycles. The van der Waals surface area contributed by atoms with Gasteiger partial charge in [-0.25, -0.2) is 0 Å². The predicted octanol–water partition coefficient (Wildman–Crippen LogP) is 3.34. The van der Waals surface area contributed by atoms with E-state index in [4.69, 9.17) is 4.42 Å². The molecule has 5 heteroatoms. The van der Waals surface area contributed by atoms with Gasteiger partial charge in [0.2, 0.25) is 0 Å². The zero-order valence-corrected chi connectivity index (χ0v) is 12.2. The molecule has 0 spiro atoms. The summed E-state index contributed by atoms with van der Waals surface area (Å²) in [7, 11) is 0. The van der Waals surface area contributed by atoms with Crippen molar-refractivity contribution in [1.29, 1.82) is 0 Å². The molecule has 22 heavy (non-hydrogen) atoms. The summed E-state index contributed by atoms with van der Waals surface area (Å²) in [4.78, 5) is 0. The van der Waals surface area contributed by atoms with E-state index < -0.39 is 0 Å². The summed E-state index contributed by atoms with van der Waals surface area (Å²) in [6, 6.07) is 21.2. The van der Waals surface area contributed by atoms with Gasteiger partial charge in [-0.2, -0.15) is 0 Å². The second-order valence-electron chi connectivity index (χ2n) is 4.91. The Hall–Kier alpha value is -2.82. The number of rotatable bonds is 7. The topological polar surface area (TPSA) is 63.0 Å². The zero-order valence-electron chi connectivity index (χ0n) is 12.2. The van der Waals surface area contributed by atoms with Gasteiger partial charge < -0.3 is 15.1 Å². The molecule has 0 aliphatic heterocycles. The van der Waals surface area contributed by atoms with Crippen molar-refractivity contribution in [3.63, 3.8) is 0 Å². The number of hydrogen-bond acceptors (Lipinski definition) is 5. The van der Waals surface area contributed by atoms with Crippen LogP contribution in [0.3, 0.4) is 0 Å². The van der Waals surface area contributed by atoms with Crippen molar-refractivity contribution >= 4 is 12.0 Å². The molecule has 2 aromatic carbocycles. The van der Waals surface area contributed by atoms with Gasteiger partial charge in [0.25, 0.3) is 0 Å². The average Bonchev–Trinajstić information content (AvgIpc) is 3.03. The number of anilines is 2. The van der Waals surface area contributed by atoms with Gasteiger partial charge in [0, 0.05) is 13.1 Å². The van der Waals surface area contributed by atoms with Crippen LogP contribution in [0.5, 0.6) is 0 Å². The quantitative estimate of drug-likeness (QED) is 0.700. The number of nitrogens with zero attached hydrogens (tertiary/aromatic N) is 2. The second-order valence-corrected chi connectivity index (χ2v) is 4.91. The van der Waals surface area contributed by atoms with E-state index in [1.54, 1.807) is 0 Å². The summed E-state index contributed by atoms with van der Waals surface area (Å²) in [5.41, 5.74) is 2.44. The maximum absolute atomic E-state index is 5.50. The molecular formula is C17H18N4O. The summed E-state index contributed by atoms with van der Waals surface area (Å²) in [5.74, 6) is 0. The lowest BCUT2D eigenvalue weighted by Crippen LogP contribution is -2.04. The Labute approximate surface area is 129 Å². The molecule has 112 valence electrons. The molecule has 0 unspecified atom stereocenters. The fourth-order valence-corrected chi connectivity index (χ4v) is 2.10. The molecule has 1 heterocycles. The number of hydrogen-bond donors (Lipinski definition) is 2. The molecule has 3 aromatic rings. The van der Waals surface area contributed by atoms with Gasteiger partial charge in [-0.1, -0.05) is 70.9 Å². The molecule has 0 bridgehead atoms. The third-order valence-corrected chi connectivity index (χ3v) is 3.24. The maximum Gasteiger partial charge on any atom is 0.317 e. The summed E-state index contributed by atoms with van der Waals surface area (Å²) in [5, 5.41) is 14.2. The summed E-state index contributed by atoms with van der Waals surface area (Å²) in [6.07, 6.45) is 0.913. The van der Waals surface area contributed by atoms with Crippen LogP contribution in [0.2, 0.25) is 0 Å². The largest absolute Gasteiger partial charge is 0.390 e. The van der Waals surface area contributed by atoms with Crippen LogP contribution in [0.15, 0.2) is 65.1 Å². The van der Waals surface area contributed by atoms with Gasteiger partial charge in [0.05, 0.1) is 0 Å². The first-order chi connectivity index (χ1) is 10.9. The van der Waals surface area contributed by atoms with E-state index in [0.717, 1.165) is 13.0 Å². The molecule has 2 N–H and O–H groups in total. The Kier molecular flexibility index (Phi) is 4.67. The molecule has 0 amide bonds. The van der Waals surface area contributed by atoms with Gasteiger partial charge >= 0.3 is 12.0 Å². The van der Waals surface area contributed by atoms with Crippen LogP contribution in [-0.4, -0.2) is 16.7 Å². The fraction of sp³-hybridized carbons (Fsp3) is 0.176. The Balaban J connectivity index is 1.45.